The number of fused-ring (bicyclic) bond motifs is 3. The van der Waals surface area contributed by atoms with E-state index in [0.717, 1.165) is 16.7 Å². The molecule has 1 aromatic heterocycles. The van der Waals surface area contributed by atoms with Crippen molar-refractivity contribution in [2.45, 2.75) is 38.9 Å². The lowest BCUT2D eigenvalue weighted by atomic mass is 9.81. The summed E-state index contributed by atoms with van der Waals surface area (Å²) in [6.07, 6.45) is 0. The molecule has 1 heterocycles. The van der Waals surface area contributed by atoms with Crippen molar-refractivity contribution < 1.29 is 0 Å². The van der Waals surface area contributed by atoms with Gasteiger partial charge in [-0.2, -0.15) is 0 Å². The zero-order valence-corrected chi connectivity index (χ0v) is 26.4. The minimum Gasteiger partial charge on any atom is -0.208 e. The van der Waals surface area contributed by atoms with Crippen LogP contribution in [-0.2, 0) is 5.41 Å². The molecule has 0 saturated heterocycles. The highest BCUT2D eigenvalue weighted by molar-refractivity contribution is 6.88. The molecule has 7 rings (SSSR count). The lowest BCUT2D eigenvalue weighted by molar-refractivity contribution is 0.661. The second-order valence-corrected chi connectivity index (χ2v) is 18.1. The van der Waals surface area contributed by atoms with Crippen LogP contribution in [0, 0.1) is 0 Å². The van der Waals surface area contributed by atoms with Crippen molar-refractivity contribution in [2.75, 3.05) is 0 Å². The van der Waals surface area contributed by atoms with E-state index in [0.29, 0.717) is 17.5 Å². The minimum absolute atomic E-state index is 0.160. The molecule has 43 heavy (non-hydrogen) atoms. The maximum atomic E-state index is 4.98. The second kappa shape index (κ2) is 10.2. The molecule has 3 nitrogen and oxygen atoms in total. The number of aromatic nitrogens is 3. The number of hydrogen-bond donors (Lipinski definition) is 0. The highest BCUT2D eigenvalue weighted by Gasteiger charge is 2.36. The number of hydrogen-bond acceptors (Lipinski definition) is 3. The monoisotopic (exact) mass is 573 g/mol. The van der Waals surface area contributed by atoms with E-state index in [2.05, 4.69) is 94.2 Å². The number of nitrogens with zero attached hydrogens (tertiary/aromatic N) is 3. The van der Waals surface area contributed by atoms with Gasteiger partial charge in [0.1, 0.15) is 0 Å². The second-order valence-electron chi connectivity index (χ2n) is 13.0. The molecular weight excluding hydrogens is 539 g/mol. The first-order valence-corrected chi connectivity index (χ1v) is 18.5. The first-order valence-electron chi connectivity index (χ1n) is 15.0. The molecular formula is C39H35N3Si. The molecule has 0 saturated carbocycles. The summed E-state index contributed by atoms with van der Waals surface area (Å²) in [5, 5.41) is 1.49. The molecule has 210 valence electrons. The highest BCUT2D eigenvalue weighted by Crippen LogP contribution is 2.50. The van der Waals surface area contributed by atoms with Crippen LogP contribution in [0.4, 0.5) is 0 Å². The van der Waals surface area contributed by atoms with Crippen LogP contribution < -0.4 is 5.19 Å². The zero-order valence-electron chi connectivity index (χ0n) is 25.4. The molecule has 0 N–H and O–H groups in total. The minimum atomic E-state index is -1.33. The van der Waals surface area contributed by atoms with Gasteiger partial charge in [0.25, 0.3) is 0 Å². The average molecular weight is 574 g/mol. The van der Waals surface area contributed by atoms with Gasteiger partial charge in [-0.25, -0.2) is 15.0 Å². The van der Waals surface area contributed by atoms with Crippen LogP contribution in [0.1, 0.15) is 25.0 Å². The molecule has 4 heteroatoms. The first kappa shape index (κ1) is 27.2. The third kappa shape index (κ3) is 4.92. The van der Waals surface area contributed by atoms with E-state index in [1.807, 2.05) is 60.7 Å². The maximum absolute atomic E-state index is 4.98. The van der Waals surface area contributed by atoms with E-state index < -0.39 is 8.07 Å². The number of rotatable bonds is 5. The summed E-state index contributed by atoms with van der Waals surface area (Å²) >= 11 is 0. The predicted octanol–water partition coefficient (Wildman–Crippen LogP) is 9.39. The molecule has 1 aliphatic carbocycles. The molecule has 0 radical (unpaired) electrons. The van der Waals surface area contributed by atoms with Crippen LogP contribution in [0.3, 0.4) is 0 Å². The molecule has 5 aromatic carbocycles. The Bertz CT molecular complexity index is 1900. The molecule has 0 atom stereocenters. The fourth-order valence-corrected chi connectivity index (χ4v) is 7.32. The summed E-state index contributed by atoms with van der Waals surface area (Å²) in [6, 6.07) is 43.2. The largest absolute Gasteiger partial charge is 0.208 e. The molecule has 0 aliphatic heterocycles. The molecule has 0 unspecified atom stereocenters. The van der Waals surface area contributed by atoms with Crippen LogP contribution in [0.15, 0.2) is 121 Å². The van der Waals surface area contributed by atoms with Gasteiger partial charge in [0.2, 0.25) is 0 Å². The Morgan fingerprint density at radius 3 is 1.35 bits per heavy atom. The van der Waals surface area contributed by atoms with Crippen LogP contribution >= 0.6 is 0 Å². The van der Waals surface area contributed by atoms with Crippen molar-refractivity contribution in [3.05, 3.63) is 132 Å². The van der Waals surface area contributed by atoms with E-state index >= 15 is 0 Å². The van der Waals surface area contributed by atoms with Gasteiger partial charge in [-0.15, -0.1) is 0 Å². The fraction of sp³-hybridized carbons (Fsp3) is 0.154. The lowest BCUT2D eigenvalue weighted by Crippen LogP contribution is -2.37. The SMILES string of the molecule is CC1(C)c2cc(-c3ccc([Si](C)(C)C)cc3)ccc2-c2ccc(-c3nc(-c4ccccc4)nc(-c4ccccc4)n3)cc21. The molecule has 1 aliphatic rings. The van der Waals surface area contributed by atoms with Crippen molar-refractivity contribution in [2.24, 2.45) is 0 Å². The van der Waals surface area contributed by atoms with Crippen molar-refractivity contribution in [1.29, 1.82) is 0 Å². The molecule has 0 bridgehead atoms. The summed E-state index contributed by atoms with van der Waals surface area (Å²) in [7, 11) is -1.33. The predicted molar refractivity (Wildman–Crippen MR) is 182 cm³/mol. The van der Waals surface area contributed by atoms with Crippen LogP contribution in [0.25, 0.3) is 56.4 Å². The Hall–Kier alpha value is -4.67. The van der Waals surface area contributed by atoms with Crippen molar-refractivity contribution in [1.82, 2.24) is 15.0 Å². The quantitative estimate of drug-likeness (QED) is 0.193. The molecule has 6 aromatic rings. The number of benzene rings is 5. The normalized spacial score (nSPS) is 13.4. The smallest absolute Gasteiger partial charge is 0.164 e. The van der Waals surface area contributed by atoms with E-state index in [9.17, 15) is 0 Å². The molecule has 0 amide bonds. The summed E-state index contributed by atoms with van der Waals surface area (Å²) in [5.41, 5.74) is 10.6. The summed E-state index contributed by atoms with van der Waals surface area (Å²) in [5.74, 6) is 2.04. The summed E-state index contributed by atoms with van der Waals surface area (Å²) < 4.78 is 0. The van der Waals surface area contributed by atoms with Gasteiger partial charge in [0.15, 0.2) is 17.5 Å². The van der Waals surface area contributed by atoms with Gasteiger partial charge in [0, 0.05) is 22.1 Å². The van der Waals surface area contributed by atoms with E-state index in [-0.39, 0.29) is 5.41 Å². The Labute approximate surface area is 255 Å². The summed E-state index contributed by atoms with van der Waals surface area (Å²) in [4.78, 5) is 14.8. The molecule has 0 spiro atoms. The van der Waals surface area contributed by atoms with Crippen LogP contribution in [0.5, 0.6) is 0 Å². The lowest BCUT2D eigenvalue weighted by Gasteiger charge is -2.22. The zero-order chi connectivity index (χ0) is 29.8. The van der Waals surface area contributed by atoms with Gasteiger partial charge in [-0.1, -0.05) is 148 Å². The van der Waals surface area contributed by atoms with Crippen molar-refractivity contribution in [3.63, 3.8) is 0 Å². The third-order valence-electron chi connectivity index (χ3n) is 8.72. The third-order valence-corrected chi connectivity index (χ3v) is 10.8. The van der Waals surface area contributed by atoms with Crippen LogP contribution in [0.2, 0.25) is 19.6 Å². The van der Waals surface area contributed by atoms with Gasteiger partial charge < -0.3 is 0 Å². The van der Waals surface area contributed by atoms with E-state index in [4.69, 9.17) is 15.0 Å². The first-order chi connectivity index (χ1) is 20.7. The standard InChI is InChI=1S/C39H35N3Si/c1-39(2)34-24-29(26-16-20-31(21-17-26)43(3,4)5)18-22-32(34)33-23-19-30(25-35(33)39)38-41-36(27-12-8-6-9-13-27)40-37(42-38)28-14-10-7-11-15-28/h6-25H,1-5H3. The van der Waals surface area contributed by atoms with E-state index in [1.165, 1.54) is 38.6 Å². The average Bonchev–Trinajstić information content (AvgIpc) is 3.26. The van der Waals surface area contributed by atoms with Gasteiger partial charge in [0.05, 0.1) is 8.07 Å². The Morgan fingerprint density at radius 2 is 0.860 bits per heavy atom. The summed E-state index contributed by atoms with van der Waals surface area (Å²) in [6.45, 7) is 11.9. The molecule has 0 fully saturated rings. The fourth-order valence-electron chi connectivity index (χ4n) is 6.16. The van der Waals surface area contributed by atoms with E-state index in [1.54, 1.807) is 0 Å². The van der Waals surface area contributed by atoms with Crippen LogP contribution in [-0.4, -0.2) is 23.0 Å². The highest BCUT2D eigenvalue weighted by atomic mass is 28.3. The Balaban J connectivity index is 1.30. The van der Waals surface area contributed by atoms with Crippen molar-refractivity contribution in [3.8, 4) is 56.4 Å². The van der Waals surface area contributed by atoms with Gasteiger partial charge in [-0.05, 0) is 45.5 Å². The Morgan fingerprint density at radius 1 is 0.442 bits per heavy atom. The van der Waals surface area contributed by atoms with Gasteiger partial charge in [-0.3, -0.25) is 0 Å². The topological polar surface area (TPSA) is 38.7 Å². The Kier molecular flexibility index (Phi) is 6.48. The maximum Gasteiger partial charge on any atom is 0.164 e. The van der Waals surface area contributed by atoms with Gasteiger partial charge >= 0.3 is 0 Å². The van der Waals surface area contributed by atoms with Crippen molar-refractivity contribution >= 4 is 13.3 Å².